The summed E-state index contributed by atoms with van der Waals surface area (Å²) in [5, 5.41) is 3.77. The van der Waals surface area contributed by atoms with Crippen LogP contribution in [-0.2, 0) is 0 Å². The third-order valence-corrected chi connectivity index (χ3v) is 4.87. The monoisotopic (exact) mass is 317 g/mol. The average Bonchev–Trinajstić information content (AvgIpc) is 2.76. The molecule has 1 aromatic heterocycles. The Morgan fingerprint density at radius 3 is 3.06 bits per heavy atom. The lowest BCUT2D eigenvalue weighted by atomic mass is 9.95. The van der Waals surface area contributed by atoms with Gasteiger partial charge in [-0.15, -0.1) is 0 Å². The Morgan fingerprint density at radius 2 is 2.41 bits per heavy atom. The molecule has 0 radical (unpaired) electrons. The van der Waals surface area contributed by atoms with Crippen molar-refractivity contribution < 1.29 is 9.21 Å². The summed E-state index contributed by atoms with van der Waals surface area (Å²) in [5.41, 5.74) is 0.580. The number of halogens is 1. The summed E-state index contributed by atoms with van der Waals surface area (Å²) in [4.78, 5) is 12.0. The maximum absolute atomic E-state index is 12.0. The normalized spacial score (nSPS) is 24.6. The summed E-state index contributed by atoms with van der Waals surface area (Å²) >= 11 is 5.12. The fraction of sp³-hybridized carbons (Fsp3) is 0.583. The van der Waals surface area contributed by atoms with Crippen molar-refractivity contribution in [2.75, 3.05) is 6.26 Å². The van der Waals surface area contributed by atoms with E-state index in [1.807, 2.05) is 11.8 Å². The van der Waals surface area contributed by atoms with Gasteiger partial charge in [-0.2, -0.15) is 11.8 Å². The molecule has 2 unspecified atom stereocenters. The van der Waals surface area contributed by atoms with E-state index in [1.165, 1.54) is 19.1 Å². The molecule has 2 rings (SSSR count). The van der Waals surface area contributed by atoms with Crippen LogP contribution in [0.3, 0.4) is 0 Å². The van der Waals surface area contributed by atoms with Crippen molar-refractivity contribution in [2.45, 2.75) is 37.0 Å². The Hall–Kier alpha value is -0.420. The van der Waals surface area contributed by atoms with Gasteiger partial charge in [0, 0.05) is 11.3 Å². The summed E-state index contributed by atoms with van der Waals surface area (Å²) < 4.78 is 5.58. The predicted molar refractivity (Wildman–Crippen MR) is 73.4 cm³/mol. The highest BCUT2D eigenvalue weighted by molar-refractivity contribution is 9.10. The van der Waals surface area contributed by atoms with Crippen molar-refractivity contribution in [2.24, 2.45) is 0 Å². The summed E-state index contributed by atoms with van der Waals surface area (Å²) in [7, 11) is 0. The molecule has 1 aliphatic carbocycles. The van der Waals surface area contributed by atoms with Crippen LogP contribution in [0.1, 0.15) is 36.0 Å². The Bertz CT molecular complexity index is 394. The molecule has 0 spiro atoms. The van der Waals surface area contributed by atoms with E-state index in [2.05, 4.69) is 27.5 Å². The second kappa shape index (κ2) is 5.96. The Morgan fingerprint density at radius 1 is 1.59 bits per heavy atom. The van der Waals surface area contributed by atoms with Gasteiger partial charge in [0.25, 0.3) is 5.91 Å². The van der Waals surface area contributed by atoms with Crippen LogP contribution in [0.25, 0.3) is 0 Å². The number of hydrogen-bond donors (Lipinski definition) is 1. The van der Waals surface area contributed by atoms with Gasteiger partial charge in [0.2, 0.25) is 0 Å². The first-order valence-electron chi connectivity index (χ1n) is 5.77. The topological polar surface area (TPSA) is 42.2 Å². The van der Waals surface area contributed by atoms with Crippen LogP contribution >= 0.6 is 27.7 Å². The van der Waals surface area contributed by atoms with Crippen LogP contribution in [-0.4, -0.2) is 23.5 Å². The zero-order valence-corrected chi connectivity index (χ0v) is 12.1. The van der Waals surface area contributed by atoms with Crippen molar-refractivity contribution in [3.63, 3.8) is 0 Å². The van der Waals surface area contributed by atoms with E-state index >= 15 is 0 Å². The van der Waals surface area contributed by atoms with Crippen molar-refractivity contribution in [1.82, 2.24) is 5.32 Å². The van der Waals surface area contributed by atoms with E-state index in [1.54, 1.807) is 6.07 Å². The number of carbonyl (C=O) groups is 1. The average molecular weight is 318 g/mol. The van der Waals surface area contributed by atoms with E-state index in [9.17, 15) is 4.79 Å². The lowest BCUT2D eigenvalue weighted by Gasteiger charge is -2.28. The zero-order valence-electron chi connectivity index (χ0n) is 9.74. The first-order chi connectivity index (χ1) is 8.20. The van der Waals surface area contributed by atoms with Crippen LogP contribution in [0.15, 0.2) is 21.4 Å². The molecule has 5 heteroatoms. The zero-order chi connectivity index (χ0) is 12.3. The van der Waals surface area contributed by atoms with Gasteiger partial charge in [-0.3, -0.25) is 4.79 Å². The Kier molecular flexibility index (Phi) is 4.56. The quantitative estimate of drug-likeness (QED) is 0.928. The molecule has 1 fully saturated rings. The maximum Gasteiger partial charge on any atom is 0.255 e. The molecule has 1 saturated carbocycles. The summed E-state index contributed by atoms with van der Waals surface area (Å²) in [6.07, 6.45) is 8.28. The van der Waals surface area contributed by atoms with Gasteiger partial charge < -0.3 is 9.73 Å². The van der Waals surface area contributed by atoms with E-state index in [-0.39, 0.29) is 5.91 Å². The molecule has 2 atom stereocenters. The fourth-order valence-electron chi connectivity index (χ4n) is 2.21. The van der Waals surface area contributed by atoms with Gasteiger partial charge in [0.1, 0.15) is 0 Å². The van der Waals surface area contributed by atoms with Crippen molar-refractivity contribution in [1.29, 1.82) is 0 Å². The number of thioether (sulfide) groups is 1. The standard InChI is InChI=1S/C12H16BrNO2S/c1-17-9-4-2-3-8(7-9)14-12(15)10-5-6-16-11(10)13/h5-6,8-9H,2-4,7H2,1H3,(H,14,15). The predicted octanol–water partition coefficient (Wildman–Crippen LogP) is 3.45. The maximum atomic E-state index is 12.0. The number of hydrogen-bond acceptors (Lipinski definition) is 3. The molecule has 0 saturated heterocycles. The molecule has 94 valence electrons. The summed E-state index contributed by atoms with van der Waals surface area (Å²) in [6.45, 7) is 0. The molecule has 0 bridgehead atoms. The number of furan rings is 1. The highest BCUT2D eigenvalue weighted by atomic mass is 79.9. The number of rotatable bonds is 3. The minimum absolute atomic E-state index is 0.0441. The molecule has 0 aliphatic heterocycles. The van der Waals surface area contributed by atoms with Crippen LogP contribution < -0.4 is 5.32 Å². The fourth-order valence-corrected chi connectivity index (χ4v) is 3.46. The molecule has 1 N–H and O–H groups in total. The Labute approximate surface area is 114 Å². The van der Waals surface area contributed by atoms with Gasteiger partial charge in [-0.1, -0.05) is 6.42 Å². The molecule has 3 nitrogen and oxygen atoms in total. The second-order valence-corrected chi connectivity index (χ2v) is 6.16. The third kappa shape index (κ3) is 3.28. The molecular weight excluding hydrogens is 302 g/mol. The number of carbonyl (C=O) groups excluding carboxylic acids is 1. The van der Waals surface area contributed by atoms with Crippen LogP contribution in [0, 0.1) is 0 Å². The highest BCUT2D eigenvalue weighted by Crippen LogP contribution is 2.27. The van der Waals surface area contributed by atoms with E-state index in [0.717, 1.165) is 12.8 Å². The second-order valence-electron chi connectivity index (χ2n) is 4.30. The SMILES string of the molecule is CSC1CCCC(NC(=O)c2ccoc2Br)C1. The third-order valence-electron chi connectivity index (χ3n) is 3.16. The number of amides is 1. The van der Waals surface area contributed by atoms with Gasteiger partial charge in [-0.05, 0) is 47.5 Å². The molecule has 1 aliphatic rings. The smallest absolute Gasteiger partial charge is 0.255 e. The minimum Gasteiger partial charge on any atom is -0.457 e. The van der Waals surface area contributed by atoms with Crippen LogP contribution in [0.5, 0.6) is 0 Å². The number of nitrogens with one attached hydrogen (secondary N) is 1. The van der Waals surface area contributed by atoms with E-state index in [0.29, 0.717) is 21.5 Å². The van der Waals surface area contributed by atoms with Gasteiger partial charge in [0.15, 0.2) is 4.67 Å². The van der Waals surface area contributed by atoms with Crippen LogP contribution in [0.2, 0.25) is 0 Å². The summed E-state index contributed by atoms with van der Waals surface area (Å²) in [6, 6.07) is 1.99. The molecular formula is C12H16BrNO2S. The minimum atomic E-state index is -0.0441. The lowest BCUT2D eigenvalue weighted by molar-refractivity contribution is 0.0926. The molecule has 1 amide bonds. The first kappa shape index (κ1) is 13.0. The molecule has 1 aromatic rings. The van der Waals surface area contributed by atoms with Crippen LogP contribution in [0.4, 0.5) is 0 Å². The molecule has 1 heterocycles. The molecule has 17 heavy (non-hydrogen) atoms. The van der Waals surface area contributed by atoms with Gasteiger partial charge >= 0.3 is 0 Å². The lowest BCUT2D eigenvalue weighted by Crippen LogP contribution is -2.39. The Balaban J connectivity index is 1.93. The van der Waals surface area contributed by atoms with Crippen molar-refractivity contribution in [3.05, 3.63) is 22.6 Å². The molecule has 0 aromatic carbocycles. The first-order valence-corrected chi connectivity index (χ1v) is 7.85. The highest BCUT2D eigenvalue weighted by Gasteiger charge is 2.24. The van der Waals surface area contributed by atoms with Crippen molar-refractivity contribution >= 4 is 33.6 Å². The summed E-state index contributed by atoms with van der Waals surface area (Å²) in [5.74, 6) is -0.0441. The van der Waals surface area contributed by atoms with Gasteiger partial charge in [0.05, 0.1) is 11.8 Å². The van der Waals surface area contributed by atoms with Crippen molar-refractivity contribution in [3.8, 4) is 0 Å². The van der Waals surface area contributed by atoms with Gasteiger partial charge in [-0.25, -0.2) is 0 Å². The van der Waals surface area contributed by atoms with E-state index in [4.69, 9.17) is 4.42 Å². The van der Waals surface area contributed by atoms with E-state index < -0.39 is 0 Å². The largest absolute Gasteiger partial charge is 0.457 e.